The minimum Gasteiger partial charge on any atom is -0.493 e. The molecule has 0 unspecified atom stereocenters. The second-order valence-corrected chi connectivity index (χ2v) is 9.44. The third kappa shape index (κ3) is 5.60. The number of carbonyl (C=O) groups excluding carboxylic acids is 2. The van der Waals surface area contributed by atoms with Gasteiger partial charge in [-0.25, -0.2) is 0 Å². The molecule has 0 spiro atoms. The SMILES string of the molecule is COCCC(=O)N(C[C@@H]1CCCO1)[C@@H]1C=C(C(=O)NCCO)[C@@H]2c3cc(CO)cc(OC)c3O[C@@H]2[C@H]1O. The van der Waals surface area contributed by atoms with Crippen LogP contribution in [0.4, 0.5) is 0 Å². The molecule has 204 valence electrons. The molecule has 11 nitrogen and oxygen atoms in total. The van der Waals surface area contributed by atoms with Crippen molar-refractivity contribution in [2.75, 3.05) is 47.1 Å². The summed E-state index contributed by atoms with van der Waals surface area (Å²) in [4.78, 5) is 28.2. The molecule has 5 atom stereocenters. The lowest BCUT2D eigenvalue weighted by Crippen LogP contribution is -2.57. The van der Waals surface area contributed by atoms with Crippen molar-refractivity contribution >= 4 is 11.8 Å². The van der Waals surface area contributed by atoms with Gasteiger partial charge in [0.2, 0.25) is 11.8 Å². The van der Waals surface area contributed by atoms with Crippen LogP contribution >= 0.6 is 0 Å². The Morgan fingerprint density at radius 3 is 2.70 bits per heavy atom. The van der Waals surface area contributed by atoms with Gasteiger partial charge in [-0.2, -0.15) is 0 Å². The van der Waals surface area contributed by atoms with E-state index in [-0.39, 0.29) is 51.3 Å². The topological polar surface area (TPSA) is 147 Å². The Morgan fingerprint density at radius 1 is 1.24 bits per heavy atom. The number of hydrogen-bond donors (Lipinski definition) is 4. The summed E-state index contributed by atoms with van der Waals surface area (Å²) in [6.45, 7) is 0.640. The minimum absolute atomic E-state index is 0.0426. The summed E-state index contributed by atoms with van der Waals surface area (Å²) in [6, 6.07) is 2.52. The van der Waals surface area contributed by atoms with E-state index in [1.54, 1.807) is 23.1 Å². The van der Waals surface area contributed by atoms with Gasteiger partial charge in [0.15, 0.2) is 11.5 Å². The van der Waals surface area contributed by atoms with E-state index >= 15 is 0 Å². The smallest absolute Gasteiger partial charge is 0.247 e. The Hall–Kier alpha value is -2.70. The molecule has 0 bridgehead atoms. The number of aliphatic hydroxyl groups excluding tert-OH is 3. The van der Waals surface area contributed by atoms with E-state index in [2.05, 4.69) is 5.32 Å². The number of aliphatic hydroxyl groups is 3. The molecular weight excluding hydrogens is 484 g/mol. The van der Waals surface area contributed by atoms with Gasteiger partial charge >= 0.3 is 0 Å². The van der Waals surface area contributed by atoms with E-state index in [1.807, 2.05) is 0 Å². The van der Waals surface area contributed by atoms with Crippen LogP contribution in [-0.4, -0.2) is 104 Å². The normalized spacial score (nSPS) is 26.1. The lowest BCUT2D eigenvalue weighted by molar-refractivity contribution is -0.140. The molecule has 11 heteroatoms. The highest BCUT2D eigenvalue weighted by atomic mass is 16.5. The molecule has 1 aromatic carbocycles. The van der Waals surface area contributed by atoms with Crippen molar-refractivity contribution in [1.29, 1.82) is 0 Å². The van der Waals surface area contributed by atoms with Gasteiger partial charge < -0.3 is 44.5 Å². The zero-order chi connectivity index (χ0) is 26.5. The maximum atomic E-state index is 13.3. The average Bonchev–Trinajstić information content (AvgIpc) is 3.57. The van der Waals surface area contributed by atoms with Crippen LogP contribution in [0.25, 0.3) is 0 Å². The van der Waals surface area contributed by atoms with Crippen LogP contribution in [0.15, 0.2) is 23.8 Å². The first-order chi connectivity index (χ1) is 17.9. The fourth-order valence-electron chi connectivity index (χ4n) is 5.35. The van der Waals surface area contributed by atoms with Crippen LogP contribution in [0.2, 0.25) is 0 Å². The summed E-state index contributed by atoms with van der Waals surface area (Å²) in [5.74, 6) is -0.582. The summed E-state index contributed by atoms with van der Waals surface area (Å²) in [5, 5.41) is 33.3. The Bertz CT molecular complexity index is 1010. The number of nitrogens with zero attached hydrogens (tertiary/aromatic N) is 1. The molecule has 0 radical (unpaired) electrons. The van der Waals surface area contributed by atoms with Gasteiger partial charge in [0.05, 0.1) is 51.4 Å². The molecule has 4 rings (SSSR count). The Balaban J connectivity index is 1.76. The standard InChI is InChI=1S/C26H36N2O9/c1-34-9-5-21(31)28(13-16-4-3-8-36-16)19-12-18(26(33)27-6-7-29)22-17-10-15(14-30)11-20(35-2)24(17)37-25(22)23(19)32/h10-12,16,19,22-23,25,29-30,32H,3-9,13-14H2,1-2H3,(H,27,33)/t16-,19+,22-,23-,25-/m0/s1. The van der Waals surface area contributed by atoms with Crippen LogP contribution in [-0.2, 0) is 25.7 Å². The molecule has 37 heavy (non-hydrogen) atoms. The second kappa shape index (κ2) is 12.2. The van der Waals surface area contributed by atoms with Crippen LogP contribution < -0.4 is 14.8 Å². The quantitative estimate of drug-likeness (QED) is 0.313. The lowest BCUT2D eigenvalue weighted by Gasteiger charge is -2.41. The summed E-state index contributed by atoms with van der Waals surface area (Å²) in [6.07, 6.45) is 1.18. The number of fused-ring (bicyclic) bond motifs is 3. The largest absolute Gasteiger partial charge is 0.493 e. The van der Waals surface area contributed by atoms with Crippen LogP contribution in [0, 0.1) is 0 Å². The first kappa shape index (κ1) is 27.3. The van der Waals surface area contributed by atoms with Gasteiger partial charge in [-0.3, -0.25) is 9.59 Å². The number of nitrogens with one attached hydrogen (secondary N) is 1. The van der Waals surface area contributed by atoms with Crippen molar-refractivity contribution in [3.63, 3.8) is 0 Å². The van der Waals surface area contributed by atoms with Crippen molar-refractivity contribution in [2.24, 2.45) is 0 Å². The molecular formula is C26H36N2O9. The van der Waals surface area contributed by atoms with Crippen molar-refractivity contribution < 1.29 is 43.9 Å². The first-order valence-corrected chi connectivity index (χ1v) is 12.6. The summed E-state index contributed by atoms with van der Waals surface area (Å²) >= 11 is 0. The number of rotatable bonds is 11. The highest BCUT2D eigenvalue weighted by Gasteiger charge is 2.51. The third-order valence-corrected chi connectivity index (χ3v) is 7.12. The molecule has 1 saturated heterocycles. The van der Waals surface area contributed by atoms with E-state index in [9.17, 15) is 24.9 Å². The fraction of sp³-hybridized carbons (Fsp3) is 0.615. The molecule has 3 aliphatic rings. The van der Waals surface area contributed by atoms with Crippen molar-refractivity contribution in [1.82, 2.24) is 10.2 Å². The van der Waals surface area contributed by atoms with Gasteiger partial charge in [-0.15, -0.1) is 0 Å². The summed E-state index contributed by atoms with van der Waals surface area (Å²) in [5.41, 5.74) is 1.48. The number of carbonyl (C=O) groups is 2. The third-order valence-electron chi connectivity index (χ3n) is 7.12. The van der Waals surface area contributed by atoms with Crippen molar-refractivity contribution in [3.8, 4) is 11.5 Å². The Kier molecular flexibility index (Phi) is 9.04. The minimum atomic E-state index is -1.16. The van der Waals surface area contributed by atoms with E-state index in [1.165, 1.54) is 14.2 Å². The number of hydrogen-bond acceptors (Lipinski definition) is 9. The molecule has 0 aromatic heterocycles. The Morgan fingerprint density at radius 2 is 2.05 bits per heavy atom. The predicted octanol–water partition coefficient (Wildman–Crippen LogP) is -0.146. The average molecular weight is 521 g/mol. The molecule has 0 saturated carbocycles. The van der Waals surface area contributed by atoms with E-state index < -0.39 is 30.1 Å². The molecule has 2 amide bonds. The van der Waals surface area contributed by atoms with Gasteiger partial charge in [-0.05, 0) is 36.6 Å². The fourth-order valence-corrected chi connectivity index (χ4v) is 5.35. The van der Waals surface area contributed by atoms with Gasteiger partial charge in [-0.1, -0.05) is 0 Å². The highest BCUT2D eigenvalue weighted by molar-refractivity contribution is 5.96. The molecule has 2 aliphatic heterocycles. The van der Waals surface area contributed by atoms with E-state index in [0.717, 1.165) is 12.8 Å². The predicted molar refractivity (Wildman–Crippen MR) is 131 cm³/mol. The summed E-state index contributed by atoms with van der Waals surface area (Å²) in [7, 11) is 2.99. The maximum absolute atomic E-state index is 13.3. The van der Waals surface area contributed by atoms with Crippen LogP contribution in [0.3, 0.4) is 0 Å². The molecule has 1 aromatic rings. The first-order valence-electron chi connectivity index (χ1n) is 12.6. The number of methoxy groups -OCH3 is 2. The lowest BCUT2D eigenvalue weighted by atomic mass is 9.77. The number of amides is 2. The van der Waals surface area contributed by atoms with Gasteiger partial charge in [0, 0.05) is 37.9 Å². The molecule has 2 heterocycles. The monoisotopic (exact) mass is 520 g/mol. The van der Waals surface area contributed by atoms with Crippen molar-refractivity contribution in [2.45, 2.75) is 56.1 Å². The van der Waals surface area contributed by atoms with Gasteiger partial charge in [0.1, 0.15) is 12.2 Å². The molecule has 1 aliphatic carbocycles. The number of ether oxygens (including phenoxy) is 4. The second-order valence-electron chi connectivity index (χ2n) is 9.44. The van der Waals surface area contributed by atoms with Crippen molar-refractivity contribution in [3.05, 3.63) is 34.9 Å². The zero-order valence-electron chi connectivity index (χ0n) is 21.2. The molecule has 4 N–H and O–H groups in total. The maximum Gasteiger partial charge on any atom is 0.247 e. The van der Waals surface area contributed by atoms with Crippen LogP contribution in [0.1, 0.15) is 36.3 Å². The summed E-state index contributed by atoms with van der Waals surface area (Å²) < 4.78 is 22.6. The van der Waals surface area contributed by atoms with E-state index in [0.29, 0.717) is 34.8 Å². The number of benzene rings is 1. The zero-order valence-corrected chi connectivity index (χ0v) is 21.2. The molecule has 1 fully saturated rings. The van der Waals surface area contributed by atoms with E-state index in [4.69, 9.17) is 18.9 Å². The highest BCUT2D eigenvalue weighted by Crippen LogP contribution is 2.51. The Labute approximate surface area is 215 Å². The van der Waals surface area contributed by atoms with Crippen LogP contribution in [0.5, 0.6) is 11.5 Å². The van der Waals surface area contributed by atoms with Gasteiger partial charge in [0.25, 0.3) is 0 Å².